The summed E-state index contributed by atoms with van der Waals surface area (Å²) < 4.78 is 1.66. The molecule has 0 aliphatic rings. The normalized spacial score (nSPS) is 13.2. The molecule has 4 heteroatoms. The molecule has 0 fully saturated rings. The topological polar surface area (TPSA) is 55.1 Å². The summed E-state index contributed by atoms with van der Waals surface area (Å²) in [5.41, 5.74) is 2.87. The molecule has 0 saturated carbocycles. The highest BCUT2D eigenvalue weighted by atomic mass is 16.4. The van der Waals surface area contributed by atoms with Gasteiger partial charge in [-0.25, -0.2) is 4.79 Å². The van der Waals surface area contributed by atoms with Crippen LogP contribution in [0.2, 0.25) is 0 Å². The first-order valence-corrected chi connectivity index (χ1v) is 8.51. The van der Waals surface area contributed by atoms with E-state index in [4.69, 9.17) is 5.11 Å². The zero-order chi connectivity index (χ0) is 17.9. The van der Waals surface area contributed by atoms with Crippen LogP contribution < -0.4 is 0 Å². The van der Waals surface area contributed by atoms with Crippen molar-refractivity contribution in [3.63, 3.8) is 0 Å². The van der Waals surface area contributed by atoms with Crippen molar-refractivity contribution in [1.29, 1.82) is 0 Å². The first-order chi connectivity index (χ1) is 11.2. The molecule has 0 aliphatic carbocycles. The lowest BCUT2D eigenvalue weighted by Gasteiger charge is -2.29. The number of aromatic carboxylic acids is 1. The van der Waals surface area contributed by atoms with E-state index in [1.54, 1.807) is 10.9 Å². The van der Waals surface area contributed by atoms with Crippen molar-refractivity contribution in [3.05, 3.63) is 53.3 Å². The fourth-order valence-electron chi connectivity index (χ4n) is 3.02. The Hall–Kier alpha value is -2.10. The third-order valence-corrected chi connectivity index (χ3v) is 4.25. The summed E-state index contributed by atoms with van der Waals surface area (Å²) in [5.74, 6) is 0.146. The fourth-order valence-corrected chi connectivity index (χ4v) is 3.02. The zero-order valence-electron chi connectivity index (χ0n) is 15.3. The highest BCUT2D eigenvalue weighted by Gasteiger charge is 2.22. The first kappa shape index (κ1) is 18.2. The minimum absolute atomic E-state index is 0.0802. The maximum Gasteiger partial charge on any atom is 0.356 e. The van der Waals surface area contributed by atoms with Gasteiger partial charge in [-0.05, 0) is 40.9 Å². The van der Waals surface area contributed by atoms with Crippen molar-refractivity contribution in [1.82, 2.24) is 9.78 Å². The maximum atomic E-state index is 10.9. The van der Waals surface area contributed by atoms with Gasteiger partial charge in [-0.2, -0.15) is 5.10 Å². The number of carboxylic acids is 1. The SMILES string of the molecule is CC(C)C(CC(C)(C)C)c1ccc(Cn2ccc(C(=O)O)n2)cc1. The van der Waals surface area contributed by atoms with Crippen LogP contribution in [0.4, 0.5) is 0 Å². The summed E-state index contributed by atoms with van der Waals surface area (Å²) in [5, 5.41) is 13.0. The van der Waals surface area contributed by atoms with E-state index in [0.29, 0.717) is 23.8 Å². The molecule has 1 atom stereocenters. The van der Waals surface area contributed by atoms with Gasteiger partial charge in [-0.1, -0.05) is 58.9 Å². The summed E-state index contributed by atoms with van der Waals surface area (Å²) in [6.07, 6.45) is 2.86. The van der Waals surface area contributed by atoms with E-state index in [1.165, 1.54) is 11.6 Å². The molecule has 24 heavy (non-hydrogen) atoms. The molecule has 2 rings (SSSR count). The molecule has 1 heterocycles. The molecule has 0 bridgehead atoms. The Bertz CT molecular complexity index is 678. The third kappa shape index (κ3) is 4.95. The summed E-state index contributed by atoms with van der Waals surface area (Å²) >= 11 is 0. The van der Waals surface area contributed by atoms with E-state index in [-0.39, 0.29) is 5.69 Å². The Morgan fingerprint density at radius 1 is 1.17 bits per heavy atom. The summed E-state index contributed by atoms with van der Waals surface area (Å²) in [6, 6.07) is 10.2. The molecule has 1 aromatic carbocycles. The minimum atomic E-state index is -0.994. The monoisotopic (exact) mass is 328 g/mol. The summed E-state index contributed by atoms with van der Waals surface area (Å²) in [4.78, 5) is 10.9. The smallest absolute Gasteiger partial charge is 0.356 e. The Balaban J connectivity index is 2.12. The molecule has 1 aromatic heterocycles. The summed E-state index contributed by atoms with van der Waals surface area (Å²) in [6.45, 7) is 12.0. The quantitative estimate of drug-likeness (QED) is 0.828. The standard InChI is InChI=1S/C20H28N2O2/c1-14(2)17(12-20(3,4)5)16-8-6-15(7-9-16)13-22-11-10-18(21-22)19(23)24/h6-11,14,17H,12-13H2,1-5H3,(H,23,24). The second-order valence-electron chi connectivity index (χ2n) is 8.06. The summed E-state index contributed by atoms with van der Waals surface area (Å²) in [7, 11) is 0. The molecule has 2 aromatic rings. The molecule has 4 nitrogen and oxygen atoms in total. The third-order valence-electron chi connectivity index (χ3n) is 4.25. The molecule has 1 N–H and O–H groups in total. The van der Waals surface area contributed by atoms with Crippen molar-refractivity contribution < 1.29 is 9.90 Å². The molecular formula is C20H28N2O2. The maximum absolute atomic E-state index is 10.9. The average Bonchev–Trinajstić information content (AvgIpc) is 2.93. The molecule has 130 valence electrons. The molecule has 0 amide bonds. The lowest BCUT2D eigenvalue weighted by molar-refractivity contribution is 0.0689. The van der Waals surface area contributed by atoms with Crippen molar-refractivity contribution in [2.45, 2.75) is 53.5 Å². The second kappa shape index (κ2) is 7.20. The number of rotatable bonds is 6. The largest absolute Gasteiger partial charge is 0.476 e. The lowest BCUT2D eigenvalue weighted by atomic mass is 9.76. The van der Waals surface area contributed by atoms with Crippen molar-refractivity contribution in [2.75, 3.05) is 0 Å². The second-order valence-corrected chi connectivity index (χ2v) is 8.06. The molecule has 0 saturated heterocycles. The Morgan fingerprint density at radius 2 is 1.79 bits per heavy atom. The van der Waals surface area contributed by atoms with Gasteiger partial charge >= 0.3 is 5.97 Å². The van der Waals surface area contributed by atoms with Crippen LogP contribution in [0.25, 0.3) is 0 Å². The van der Waals surface area contributed by atoms with Crippen LogP contribution in [0.15, 0.2) is 36.5 Å². The molecule has 1 unspecified atom stereocenters. The number of hydrogen-bond acceptors (Lipinski definition) is 2. The number of benzene rings is 1. The van der Waals surface area contributed by atoms with Crippen molar-refractivity contribution in [2.24, 2.45) is 11.3 Å². The minimum Gasteiger partial charge on any atom is -0.476 e. The van der Waals surface area contributed by atoms with E-state index in [0.717, 1.165) is 12.0 Å². The number of carboxylic acid groups (broad SMARTS) is 1. The molecular weight excluding hydrogens is 300 g/mol. The predicted molar refractivity (Wildman–Crippen MR) is 96.4 cm³/mol. The van der Waals surface area contributed by atoms with Gasteiger partial charge in [0.05, 0.1) is 6.54 Å². The number of carbonyl (C=O) groups is 1. The lowest BCUT2D eigenvalue weighted by Crippen LogP contribution is -2.16. The van der Waals surface area contributed by atoms with Crippen LogP contribution in [0, 0.1) is 11.3 Å². The van der Waals surface area contributed by atoms with Crippen LogP contribution >= 0.6 is 0 Å². The Morgan fingerprint density at radius 3 is 2.25 bits per heavy atom. The Labute approximate surface area is 144 Å². The van der Waals surface area contributed by atoms with Crippen molar-refractivity contribution in [3.8, 4) is 0 Å². The van der Waals surface area contributed by atoms with E-state index < -0.39 is 5.97 Å². The number of hydrogen-bond donors (Lipinski definition) is 1. The van der Waals surface area contributed by atoms with Gasteiger partial charge in [0.1, 0.15) is 0 Å². The number of nitrogens with zero attached hydrogens (tertiary/aromatic N) is 2. The van der Waals surface area contributed by atoms with Gasteiger partial charge in [0, 0.05) is 6.20 Å². The van der Waals surface area contributed by atoms with Gasteiger partial charge in [0.25, 0.3) is 0 Å². The Kier molecular flexibility index (Phi) is 5.47. The fraction of sp³-hybridized carbons (Fsp3) is 0.500. The van der Waals surface area contributed by atoms with Gasteiger partial charge in [0.15, 0.2) is 5.69 Å². The molecule has 0 radical (unpaired) electrons. The van der Waals surface area contributed by atoms with Crippen LogP contribution in [0.1, 0.15) is 68.6 Å². The van der Waals surface area contributed by atoms with Crippen LogP contribution in [0.3, 0.4) is 0 Å². The van der Waals surface area contributed by atoms with E-state index in [9.17, 15) is 4.79 Å². The van der Waals surface area contributed by atoms with Gasteiger partial charge in [-0.15, -0.1) is 0 Å². The highest BCUT2D eigenvalue weighted by molar-refractivity contribution is 5.85. The zero-order valence-corrected chi connectivity index (χ0v) is 15.3. The van der Waals surface area contributed by atoms with Gasteiger partial charge in [-0.3, -0.25) is 4.68 Å². The average molecular weight is 328 g/mol. The number of aromatic nitrogens is 2. The predicted octanol–water partition coefficient (Wildman–Crippen LogP) is 4.81. The van der Waals surface area contributed by atoms with Gasteiger partial charge in [0.2, 0.25) is 0 Å². The highest BCUT2D eigenvalue weighted by Crippen LogP contribution is 2.36. The van der Waals surface area contributed by atoms with E-state index >= 15 is 0 Å². The molecule has 0 spiro atoms. The van der Waals surface area contributed by atoms with E-state index in [1.807, 2.05) is 0 Å². The van der Waals surface area contributed by atoms with E-state index in [2.05, 4.69) is 64.0 Å². The van der Waals surface area contributed by atoms with Crippen molar-refractivity contribution >= 4 is 5.97 Å². The van der Waals surface area contributed by atoms with Crippen LogP contribution in [-0.2, 0) is 6.54 Å². The van der Waals surface area contributed by atoms with Crippen LogP contribution in [0.5, 0.6) is 0 Å². The first-order valence-electron chi connectivity index (χ1n) is 8.51. The van der Waals surface area contributed by atoms with Gasteiger partial charge < -0.3 is 5.11 Å². The van der Waals surface area contributed by atoms with Crippen LogP contribution in [-0.4, -0.2) is 20.9 Å². The molecule has 0 aliphatic heterocycles.